The average Bonchev–Trinajstić information content (AvgIpc) is 2.52. The van der Waals surface area contributed by atoms with Gasteiger partial charge in [0, 0.05) is 5.56 Å². The summed E-state index contributed by atoms with van der Waals surface area (Å²) in [6, 6.07) is 16.7. The monoisotopic (exact) mass is 299 g/mol. The maximum absolute atomic E-state index is 12.0. The Balaban J connectivity index is 2.39. The molecule has 21 heavy (non-hydrogen) atoms. The summed E-state index contributed by atoms with van der Waals surface area (Å²) in [6.07, 6.45) is 4.90. The van der Waals surface area contributed by atoms with Crippen molar-refractivity contribution in [3.8, 4) is 11.1 Å². The first-order valence-corrected chi connectivity index (χ1v) is 9.01. The van der Waals surface area contributed by atoms with E-state index in [0.717, 1.165) is 24.2 Å². The molecule has 0 N–H and O–H groups in total. The number of hydrogen-bond donors (Lipinski definition) is 0. The second-order valence-corrected chi connectivity index (χ2v) is 6.82. The lowest BCUT2D eigenvalue weighted by Crippen LogP contribution is -2.06. The van der Waals surface area contributed by atoms with Crippen LogP contribution in [0.25, 0.3) is 11.1 Å². The first kappa shape index (κ1) is 16.1. The van der Waals surface area contributed by atoms with E-state index in [1.807, 2.05) is 24.3 Å². The second-order valence-electron chi connectivity index (χ2n) is 5.47. The van der Waals surface area contributed by atoms with Gasteiger partial charge in [-0.25, -0.2) is 0 Å². The SMILES string of the molecule is [CH2]CCCC(C)c1cc(-c2ccccc2)ccc1[S+](C)[O-]. The molecule has 0 saturated carbocycles. The van der Waals surface area contributed by atoms with Crippen molar-refractivity contribution in [2.45, 2.75) is 37.0 Å². The van der Waals surface area contributed by atoms with Crippen LogP contribution in [-0.2, 0) is 11.2 Å². The van der Waals surface area contributed by atoms with Crippen molar-refractivity contribution in [1.82, 2.24) is 0 Å². The highest BCUT2D eigenvalue weighted by atomic mass is 32.2. The third kappa shape index (κ3) is 4.12. The number of rotatable bonds is 6. The molecule has 2 aromatic carbocycles. The zero-order valence-corrected chi connectivity index (χ0v) is 13.7. The summed E-state index contributed by atoms with van der Waals surface area (Å²) in [4.78, 5) is 0.964. The maximum atomic E-state index is 12.0. The Morgan fingerprint density at radius 3 is 2.43 bits per heavy atom. The topological polar surface area (TPSA) is 23.1 Å². The van der Waals surface area contributed by atoms with Gasteiger partial charge in [-0.05, 0) is 52.8 Å². The predicted octanol–water partition coefficient (Wildman–Crippen LogP) is 5.20. The molecule has 0 aliphatic rings. The lowest BCUT2D eigenvalue weighted by molar-refractivity contribution is 0.592. The second kappa shape index (κ2) is 7.67. The van der Waals surface area contributed by atoms with Crippen LogP contribution in [0.2, 0.25) is 0 Å². The fourth-order valence-corrected chi connectivity index (χ4v) is 3.46. The zero-order valence-electron chi connectivity index (χ0n) is 12.8. The Labute approximate surface area is 131 Å². The normalized spacial score (nSPS) is 13.9. The van der Waals surface area contributed by atoms with Crippen molar-refractivity contribution in [3.63, 3.8) is 0 Å². The van der Waals surface area contributed by atoms with E-state index in [-0.39, 0.29) is 0 Å². The van der Waals surface area contributed by atoms with Crippen LogP contribution in [0.5, 0.6) is 0 Å². The molecule has 0 aliphatic heterocycles. The molecule has 0 fully saturated rings. The van der Waals surface area contributed by atoms with Crippen LogP contribution in [0.1, 0.15) is 37.7 Å². The van der Waals surface area contributed by atoms with Crippen LogP contribution in [0.3, 0.4) is 0 Å². The minimum absolute atomic E-state index is 0.411. The van der Waals surface area contributed by atoms with Crippen molar-refractivity contribution >= 4 is 11.2 Å². The van der Waals surface area contributed by atoms with E-state index in [4.69, 9.17) is 0 Å². The van der Waals surface area contributed by atoms with E-state index >= 15 is 0 Å². The molecule has 2 rings (SSSR count). The largest absolute Gasteiger partial charge is 0.612 e. The summed E-state index contributed by atoms with van der Waals surface area (Å²) in [5.74, 6) is 0.411. The van der Waals surface area contributed by atoms with Gasteiger partial charge >= 0.3 is 0 Å². The van der Waals surface area contributed by atoms with E-state index in [9.17, 15) is 4.55 Å². The Hall–Kier alpha value is -1.25. The zero-order chi connectivity index (χ0) is 15.2. The van der Waals surface area contributed by atoms with E-state index in [0.29, 0.717) is 5.92 Å². The van der Waals surface area contributed by atoms with Gasteiger partial charge in [0.05, 0.1) is 0 Å². The van der Waals surface area contributed by atoms with Crippen molar-refractivity contribution in [3.05, 3.63) is 61.0 Å². The molecule has 0 saturated heterocycles. The van der Waals surface area contributed by atoms with Gasteiger partial charge < -0.3 is 4.55 Å². The molecule has 0 bridgehead atoms. The maximum Gasteiger partial charge on any atom is 0.155 e. The van der Waals surface area contributed by atoms with Crippen molar-refractivity contribution in [2.24, 2.45) is 0 Å². The van der Waals surface area contributed by atoms with Gasteiger partial charge in [0.25, 0.3) is 0 Å². The molecule has 0 heterocycles. The molecular weight excluding hydrogens is 276 g/mol. The molecule has 2 heteroatoms. The summed E-state index contributed by atoms with van der Waals surface area (Å²) in [5, 5.41) is 0. The summed E-state index contributed by atoms with van der Waals surface area (Å²) < 4.78 is 12.0. The van der Waals surface area contributed by atoms with Crippen LogP contribution in [-0.4, -0.2) is 10.8 Å². The fourth-order valence-electron chi connectivity index (χ4n) is 2.61. The number of hydrogen-bond acceptors (Lipinski definition) is 1. The quantitative estimate of drug-likeness (QED) is 0.672. The van der Waals surface area contributed by atoms with Gasteiger partial charge in [-0.15, -0.1) is 0 Å². The summed E-state index contributed by atoms with van der Waals surface area (Å²) >= 11 is -0.947. The first-order chi connectivity index (χ1) is 10.1. The molecule has 2 unspecified atom stereocenters. The molecule has 2 aromatic rings. The molecule has 1 nitrogen and oxygen atoms in total. The van der Waals surface area contributed by atoms with E-state index in [1.165, 1.54) is 16.7 Å². The Morgan fingerprint density at radius 1 is 1.10 bits per heavy atom. The minimum atomic E-state index is -0.947. The van der Waals surface area contributed by atoms with Gasteiger partial charge in [-0.2, -0.15) is 0 Å². The lowest BCUT2D eigenvalue weighted by Gasteiger charge is -2.17. The highest BCUT2D eigenvalue weighted by Gasteiger charge is 2.18. The molecule has 2 atom stereocenters. The van der Waals surface area contributed by atoms with Crippen LogP contribution in [0.15, 0.2) is 53.4 Å². The first-order valence-electron chi connectivity index (χ1n) is 7.45. The van der Waals surface area contributed by atoms with E-state index < -0.39 is 11.2 Å². The van der Waals surface area contributed by atoms with Crippen molar-refractivity contribution in [2.75, 3.05) is 6.26 Å². The van der Waals surface area contributed by atoms with Gasteiger partial charge in [0.15, 0.2) is 4.90 Å². The van der Waals surface area contributed by atoms with Crippen LogP contribution >= 0.6 is 0 Å². The third-order valence-electron chi connectivity index (χ3n) is 3.84. The summed E-state index contributed by atoms with van der Waals surface area (Å²) in [5.41, 5.74) is 3.61. The smallest absolute Gasteiger partial charge is 0.155 e. The van der Waals surface area contributed by atoms with E-state index in [2.05, 4.69) is 38.1 Å². The van der Waals surface area contributed by atoms with E-state index in [1.54, 1.807) is 6.26 Å². The Morgan fingerprint density at radius 2 is 1.81 bits per heavy atom. The molecule has 0 aromatic heterocycles. The predicted molar refractivity (Wildman–Crippen MR) is 91.8 cm³/mol. The standard InChI is InChI=1S/C19H23OS/c1-4-5-9-15(2)18-14-17(12-13-19(18)21(3)20)16-10-7-6-8-11-16/h6-8,10-15H,1,4-5,9H2,2-3H3. The van der Waals surface area contributed by atoms with Crippen LogP contribution in [0.4, 0.5) is 0 Å². The highest BCUT2D eigenvalue weighted by Crippen LogP contribution is 2.32. The summed E-state index contributed by atoms with van der Waals surface area (Å²) in [6.45, 7) is 6.13. The molecule has 111 valence electrons. The third-order valence-corrected chi connectivity index (χ3v) is 4.84. The average molecular weight is 299 g/mol. The molecule has 1 radical (unpaired) electrons. The van der Waals surface area contributed by atoms with Gasteiger partial charge in [0.2, 0.25) is 0 Å². The Kier molecular flexibility index (Phi) is 5.89. The van der Waals surface area contributed by atoms with Crippen LogP contribution < -0.4 is 0 Å². The van der Waals surface area contributed by atoms with Gasteiger partial charge in [-0.3, -0.25) is 0 Å². The minimum Gasteiger partial charge on any atom is -0.612 e. The van der Waals surface area contributed by atoms with Crippen LogP contribution in [0, 0.1) is 6.92 Å². The molecular formula is C19H23OS. The Bertz CT molecular complexity index is 563. The lowest BCUT2D eigenvalue weighted by atomic mass is 9.92. The highest BCUT2D eigenvalue weighted by molar-refractivity contribution is 7.90. The number of unbranched alkanes of at least 4 members (excludes halogenated alkanes) is 1. The van der Waals surface area contributed by atoms with Crippen molar-refractivity contribution < 1.29 is 4.55 Å². The van der Waals surface area contributed by atoms with Crippen molar-refractivity contribution in [1.29, 1.82) is 0 Å². The molecule has 0 spiro atoms. The fraction of sp³-hybridized carbons (Fsp3) is 0.316. The van der Waals surface area contributed by atoms with Gasteiger partial charge in [-0.1, -0.05) is 57.0 Å². The van der Waals surface area contributed by atoms with Gasteiger partial charge in [0.1, 0.15) is 6.26 Å². The molecule has 0 amide bonds. The summed E-state index contributed by atoms with van der Waals surface area (Å²) in [7, 11) is 0. The number of benzene rings is 2. The molecule has 0 aliphatic carbocycles.